The molecule has 0 aromatic carbocycles. The van der Waals surface area contributed by atoms with Crippen LogP contribution >= 0.6 is 0 Å². The first kappa shape index (κ1) is 29.6. The Morgan fingerprint density at radius 1 is 0.419 bits per heavy atom. The Hall–Kier alpha value is -1.38. The van der Waals surface area contributed by atoms with Gasteiger partial charge in [0.15, 0.2) is 0 Å². The van der Waals surface area contributed by atoms with Crippen molar-refractivity contribution < 1.29 is 57.7 Å². The fourth-order valence-electron chi connectivity index (χ4n) is 1.86. The second-order valence-corrected chi connectivity index (χ2v) is 5.74. The molecule has 0 aliphatic heterocycles. The summed E-state index contributed by atoms with van der Waals surface area (Å²) in [4.78, 5) is 23.0. The third-order valence-electron chi connectivity index (χ3n) is 3.23. The minimum absolute atomic E-state index is 0.0191. The summed E-state index contributed by atoms with van der Waals surface area (Å²) >= 11 is 0. The number of esters is 2. The summed E-state index contributed by atoms with van der Waals surface area (Å²) in [7, 11) is 0. The molecular formula is C19H36O12. The Kier molecular flexibility index (Phi) is 23.8. The molecule has 12 nitrogen and oxygen atoms in total. The lowest BCUT2D eigenvalue weighted by atomic mass is 10.4. The molecule has 0 radical (unpaired) electrons. The summed E-state index contributed by atoms with van der Waals surface area (Å²) in [6, 6.07) is 0. The number of aliphatic hydroxyl groups is 2. The Morgan fingerprint density at radius 3 is 0.968 bits per heavy atom. The molecule has 31 heavy (non-hydrogen) atoms. The van der Waals surface area contributed by atoms with E-state index in [1.165, 1.54) is 0 Å². The lowest BCUT2D eigenvalue weighted by Gasteiger charge is -2.08. The van der Waals surface area contributed by atoms with Crippen molar-refractivity contribution in [2.45, 2.75) is 6.42 Å². The van der Waals surface area contributed by atoms with Crippen LogP contribution in [0.5, 0.6) is 0 Å². The van der Waals surface area contributed by atoms with Crippen LogP contribution in [0.3, 0.4) is 0 Å². The summed E-state index contributed by atoms with van der Waals surface area (Å²) in [5.41, 5.74) is 0. The molecule has 0 saturated heterocycles. The number of hydrogen-bond donors (Lipinski definition) is 2. The quantitative estimate of drug-likeness (QED) is 0.0994. The predicted molar refractivity (Wildman–Crippen MR) is 106 cm³/mol. The fraction of sp³-hybridized carbons (Fsp3) is 0.895. The maximum atomic E-state index is 11.5. The molecule has 0 rings (SSSR count). The van der Waals surface area contributed by atoms with Crippen molar-refractivity contribution in [3.05, 3.63) is 0 Å². The van der Waals surface area contributed by atoms with Crippen LogP contribution in [0, 0.1) is 0 Å². The van der Waals surface area contributed by atoms with E-state index in [0.717, 1.165) is 0 Å². The van der Waals surface area contributed by atoms with Gasteiger partial charge in [0.1, 0.15) is 19.6 Å². The van der Waals surface area contributed by atoms with Gasteiger partial charge in [-0.25, -0.2) is 0 Å². The van der Waals surface area contributed by atoms with E-state index in [4.69, 9.17) is 48.1 Å². The molecule has 12 heteroatoms. The Labute approximate surface area is 182 Å². The Balaban J connectivity index is 3.31. The van der Waals surface area contributed by atoms with E-state index in [9.17, 15) is 9.59 Å². The zero-order chi connectivity index (χ0) is 22.8. The van der Waals surface area contributed by atoms with Crippen LogP contribution in [0.15, 0.2) is 0 Å². The monoisotopic (exact) mass is 456 g/mol. The minimum Gasteiger partial charge on any atom is -0.463 e. The average Bonchev–Trinajstić information content (AvgIpc) is 2.75. The van der Waals surface area contributed by atoms with E-state index in [0.29, 0.717) is 52.9 Å². The molecule has 0 aromatic rings. The number of hydrogen-bond acceptors (Lipinski definition) is 12. The second-order valence-electron chi connectivity index (χ2n) is 5.74. The molecule has 0 aliphatic rings. The molecule has 0 spiro atoms. The van der Waals surface area contributed by atoms with Gasteiger partial charge in [0, 0.05) is 0 Å². The molecule has 0 aliphatic carbocycles. The first-order valence-electron chi connectivity index (χ1n) is 10.2. The summed E-state index contributed by atoms with van der Waals surface area (Å²) < 4.78 is 40.7. The molecule has 0 atom stereocenters. The Morgan fingerprint density at radius 2 is 0.677 bits per heavy atom. The van der Waals surface area contributed by atoms with Crippen LogP contribution in [0.4, 0.5) is 0 Å². The van der Waals surface area contributed by atoms with E-state index in [1.807, 2.05) is 0 Å². The SMILES string of the molecule is O=C(CC(=O)OCCOCCOCCOCCO)OCCOCCOCCOCCO. The minimum atomic E-state index is -0.691. The summed E-state index contributed by atoms with van der Waals surface area (Å²) in [5, 5.41) is 17.0. The zero-order valence-electron chi connectivity index (χ0n) is 18.0. The van der Waals surface area contributed by atoms with Gasteiger partial charge in [0.2, 0.25) is 0 Å². The highest BCUT2D eigenvalue weighted by Gasteiger charge is 2.11. The van der Waals surface area contributed by atoms with E-state index in [-0.39, 0.29) is 52.9 Å². The van der Waals surface area contributed by atoms with Crippen molar-refractivity contribution in [1.29, 1.82) is 0 Å². The molecule has 0 unspecified atom stereocenters. The topological polar surface area (TPSA) is 148 Å². The van der Waals surface area contributed by atoms with Crippen molar-refractivity contribution in [3.63, 3.8) is 0 Å². The van der Waals surface area contributed by atoms with Crippen LogP contribution in [-0.4, -0.2) is 128 Å². The molecule has 184 valence electrons. The normalized spacial score (nSPS) is 10.9. The third kappa shape index (κ3) is 24.8. The van der Waals surface area contributed by atoms with Gasteiger partial charge >= 0.3 is 11.9 Å². The summed E-state index contributed by atoms with van der Waals surface area (Å²) in [6.07, 6.45) is -0.478. The van der Waals surface area contributed by atoms with Crippen LogP contribution < -0.4 is 0 Å². The lowest BCUT2D eigenvalue weighted by molar-refractivity contribution is -0.156. The van der Waals surface area contributed by atoms with Gasteiger partial charge in [-0.15, -0.1) is 0 Å². The van der Waals surface area contributed by atoms with E-state index in [2.05, 4.69) is 0 Å². The number of carbonyl (C=O) groups excluding carboxylic acids is 2. The fourth-order valence-corrected chi connectivity index (χ4v) is 1.86. The molecule has 0 saturated carbocycles. The van der Waals surface area contributed by atoms with E-state index >= 15 is 0 Å². The van der Waals surface area contributed by atoms with Crippen molar-refractivity contribution in [2.24, 2.45) is 0 Å². The number of rotatable bonds is 24. The zero-order valence-corrected chi connectivity index (χ0v) is 18.0. The first-order chi connectivity index (χ1) is 15.2. The van der Waals surface area contributed by atoms with Crippen molar-refractivity contribution in [3.8, 4) is 0 Å². The summed E-state index contributed by atoms with van der Waals surface area (Å²) in [5.74, 6) is -1.38. The molecule has 0 heterocycles. The van der Waals surface area contributed by atoms with Gasteiger partial charge in [0.25, 0.3) is 0 Å². The molecule has 2 N–H and O–H groups in total. The standard InChI is InChI=1S/C19H36O12/c20-1-3-24-5-7-26-9-11-28-13-15-30-18(22)17-19(23)31-16-14-29-12-10-27-8-6-25-4-2-21/h20-21H,1-17H2. The maximum Gasteiger partial charge on any atom is 0.317 e. The largest absolute Gasteiger partial charge is 0.463 e. The first-order valence-corrected chi connectivity index (χ1v) is 10.2. The third-order valence-corrected chi connectivity index (χ3v) is 3.23. The highest BCUT2D eigenvalue weighted by Crippen LogP contribution is 1.92. The van der Waals surface area contributed by atoms with Gasteiger partial charge in [-0.2, -0.15) is 0 Å². The molecule has 0 bridgehead atoms. The second kappa shape index (κ2) is 24.9. The van der Waals surface area contributed by atoms with E-state index in [1.54, 1.807) is 0 Å². The molecular weight excluding hydrogens is 420 g/mol. The van der Waals surface area contributed by atoms with Crippen molar-refractivity contribution >= 4 is 11.9 Å². The number of carbonyl (C=O) groups is 2. The van der Waals surface area contributed by atoms with Crippen molar-refractivity contribution in [1.82, 2.24) is 0 Å². The van der Waals surface area contributed by atoms with E-state index < -0.39 is 18.4 Å². The highest BCUT2D eigenvalue weighted by molar-refractivity contribution is 5.91. The molecule has 0 fully saturated rings. The number of aliphatic hydroxyl groups excluding tert-OH is 2. The molecule has 0 aromatic heterocycles. The van der Waals surface area contributed by atoms with Gasteiger partial charge in [-0.3, -0.25) is 9.59 Å². The van der Waals surface area contributed by atoms with Crippen molar-refractivity contribution in [2.75, 3.05) is 106 Å². The van der Waals surface area contributed by atoms with Gasteiger partial charge in [-0.05, 0) is 0 Å². The van der Waals surface area contributed by atoms with Crippen LogP contribution in [0.25, 0.3) is 0 Å². The van der Waals surface area contributed by atoms with Crippen LogP contribution in [-0.2, 0) is 47.5 Å². The van der Waals surface area contributed by atoms with Gasteiger partial charge in [-0.1, -0.05) is 0 Å². The van der Waals surface area contributed by atoms with Gasteiger partial charge < -0.3 is 48.1 Å². The average molecular weight is 456 g/mol. The number of ether oxygens (including phenoxy) is 8. The van der Waals surface area contributed by atoms with Crippen LogP contribution in [0.2, 0.25) is 0 Å². The summed E-state index contributed by atoms with van der Waals surface area (Å²) in [6.45, 7) is 3.98. The van der Waals surface area contributed by atoms with Gasteiger partial charge in [0.05, 0.1) is 92.5 Å². The Bertz CT molecular complexity index is 371. The molecule has 0 amide bonds. The highest BCUT2D eigenvalue weighted by atomic mass is 16.6. The maximum absolute atomic E-state index is 11.5. The van der Waals surface area contributed by atoms with Crippen LogP contribution in [0.1, 0.15) is 6.42 Å². The smallest absolute Gasteiger partial charge is 0.317 e. The predicted octanol–water partition coefficient (Wildman–Crippen LogP) is -1.45. The lowest BCUT2D eigenvalue weighted by Crippen LogP contribution is -2.19.